The van der Waals surface area contributed by atoms with Crippen LogP contribution >= 0.6 is 24.8 Å². The number of aryl methyl sites for hydroxylation is 2. The molecule has 31 heavy (non-hydrogen) atoms. The van der Waals surface area contributed by atoms with Crippen LogP contribution in [0.2, 0.25) is 0 Å². The van der Waals surface area contributed by atoms with E-state index in [-0.39, 0.29) is 24.8 Å². The van der Waals surface area contributed by atoms with Gasteiger partial charge in [-0.1, -0.05) is 36.4 Å². The number of piperazine rings is 1. The molecule has 0 radical (unpaired) electrons. The molecule has 4 nitrogen and oxygen atoms in total. The van der Waals surface area contributed by atoms with Gasteiger partial charge in [0.15, 0.2) is 11.5 Å². The summed E-state index contributed by atoms with van der Waals surface area (Å²) in [4.78, 5) is 5.25. The first-order valence-corrected chi connectivity index (χ1v) is 11.0. The molecule has 1 aliphatic rings. The van der Waals surface area contributed by atoms with Gasteiger partial charge in [0.2, 0.25) is 0 Å². The normalized spacial score (nSPS) is 14.4. The molecule has 0 spiro atoms. The van der Waals surface area contributed by atoms with Gasteiger partial charge in [0.25, 0.3) is 0 Å². The van der Waals surface area contributed by atoms with Gasteiger partial charge >= 0.3 is 0 Å². The quantitative estimate of drug-likeness (QED) is 0.427. The second-order valence-corrected chi connectivity index (χ2v) is 7.92. The highest BCUT2D eigenvalue weighted by molar-refractivity contribution is 5.85. The highest BCUT2D eigenvalue weighted by atomic mass is 35.5. The highest BCUT2D eigenvalue weighted by Gasteiger charge is 2.16. The van der Waals surface area contributed by atoms with Crippen LogP contribution in [0.25, 0.3) is 0 Å². The van der Waals surface area contributed by atoms with Crippen LogP contribution in [0, 0.1) is 0 Å². The molecule has 0 aromatic heterocycles. The molecule has 6 heteroatoms. The molecular weight excluding hydrogens is 431 g/mol. The summed E-state index contributed by atoms with van der Waals surface area (Å²) in [5, 5.41) is 0. The summed E-state index contributed by atoms with van der Waals surface area (Å²) in [6.45, 7) is 7.24. The van der Waals surface area contributed by atoms with E-state index in [0.717, 1.165) is 17.9 Å². The molecule has 1 fully saturated rings. The SMILES string of the molecule is COc1ccc(CCCN2CCN(CCCCc3ccccc3)CC2)cc1OC.Cl.Cl. The number of nitrogens with zero attached hydrogens (tertiary/aromatic N) is 2. The van der Waals surface area contributed by atoms with Crippen LogP contribution in [0.15, 0.2) is 48.5 Å². The molecule has 1 aliphatic heterocycles. The number of unbranched alkanes of at least 4 members (excludes halogenated alkanes) is 1. The Morgan fingerprint density at radius 1 is 0.645 bits per heavy atom. The second kappa shape index (κ2) is 15.4. The van der Waals surface area contributed by atoms with Gasteiger partial charge in [-0.2, -0.15) is 0 Å². The smallest absolute Gasteiger partial charge is 0.160 e. The molecule has 0 saturated carbocycles. The molecule has 3 rings (SSSR count). The zero-order valence-corrected chi connectivity index (χ0v) is 20.6. The maximum atomic E-state index is 5.41. The van der Waals surface area contributed by atoms with Gasteiger partial charge in [-0.15, -0.1) is 24.8 Å². The van der Waals surface area contributed by atoms with Crippen molar-refractivity contribution in [2.45, 2.75) is 32.1 Å². The molecular formula is C25H38Cl2N2O2. The summed E-state index contributed by atoms with van der Waals surface area (Å²) < 4.78 is 10.7. The van der Waals surface area contributed by atoms with Crippen molar-refractivity contribution in [1.29, 1.82) is 0 Å². The molecule has 0 unspecified atom stereocenters. The zero-order valence-electron chi connectivity index (χ0n) is 18.9. The third-order valence-electron chi connectivity index (χ3n) is 5.89. The highest BCUT2D eigenvalue weighted by Crippen LogP contribution is 2.28. The lowest BCUT2D eigenvalue weighted by molar-refractivity contribution is 0.130. The van der Waals surface area contributed by atoms with E-state index in [4.69, 9.17) is 9.47 Å². The molecule has 174 valence electrons. The fourth-order valence-electron chi connectivity index (χ4n) is 4.09. The Morgan fingerprint density at radius 3 is 1.84 bits per heavy atom. The fourth-order valence-corrected chi connectivity index (χ4v) is 4.09. The largest absolute Gasteiger partial charge is 0.493 e. The lowest BCUT2D eigenvalue weighted by Crippen LogP contribution is -2.46. The van der Waals surface area contributed by atoms with Gasteiger partial charge in [0.1, 0.15) is 0 Å². The van der Waals surface area contributed by atoms with Gasteiger partial charge in [-0.3, -0.25) is 0 Å². The van der Waals surface area contributed by atoms with Crippen molar-refractivity contribution in [1.82, 2.24) is 9.80 Å². The maximum absolute atomic E-state index is 5.41. The molecule has 0 amide bonds. The third kappa shape index (κ3) is 9.28. The molecule has 0 aliphatic carbocycles. The third-order valence-corrected chi connectivity index (χ3v) is 5.89. The monoisotopic (exact) mass is 468 g/mol. The molecule has 1 heterocycles. The van der Waals surface area contributed by atoms with Crippen molar-refractivity contribution >= 4 is 24.8 Å². The molecule has 0 atom stereocenters. The average Bonchev–Trinajstić information content (AvgIpc) is 2.78. The summed E-state index contributed by atoms with van der Waals surface area (Å²) in [6.07, 6.45) is 6.06. The lowest BCUT2D eigenvalue weighted by atomic mass is 10.1. The number of methoxy groups -OCH3 is 2. The number of ether oxygens (including phenoxy) is 2. The Kier molecular flexibility index (Phi) is 13.7. The number of benzene rings is 2. The average molecular weight is 469 g/mol. The van der Waals surface area contributed by atoms with Crippen molar-refractivity contribution in [3.05, 3.63) is 59.7 Å². The molecule has 1 saturated heterocycles. The topological polar surface area (TPSA) is 24.9 Å². The van der Waals surface area contributed by atoms with E-state index in [0.29, 0.717) is 0 Å². The van der Waals surface area contributed by atoms with E-state index >= 15 is 0 Å². The number of rotatable bonds is 11. The Hall–Kier alpha value is -1.46. The minimum Gasteiger partial charge on any atom is -0.493 e. The molecule has 2 aromatic rings. The minimum atomic E-state index is 0. The van der Waals surface area contributed by atoms with E-state index in [9.17, 15) is 0 Å². The first-order valence-electron chi connectivity index (χ1n) is 11.0. The van der Waals surface area contributed by atoms with Gasteiger partial charge in [0.05, 0.1) is 14.2 Å². The predicted octanol–water partition coefficient (Wildman–Crippen LogP) is 5.12. The summed E-state index contributed by atoms with van der Waals surface area (Å²) >= 11 is 0. The maximum Gasteiger partial charge on any atom is 0.160 e. The first kappa shape index (κ1) is 27.6. The number of hydrogen-bond acceptors (Lipinski definition) is 4. The Balaban J connectivity index is 0.00000240. The Labute approximate surface area is 200 Å². The van der Waals surface area contributed by atoms with Crippen LogP contribution < -0.4 is 9.47 Å². The number of halogens is 2. The Bertz CT molecular complexity index is 723. The standard InChI is InChI=1S/C25H36N2O2.2ClH/c1-28-24-14-13-23(21-25(24)29-2)12-8-16-27-19-17-26(18-20-27)15-7-6-11-22-9-4-3-5-10-22;;/h3-5,9-10,13-14,21H,6-8,11-12,15-20H2,1-2H3;2*1H. The summed E-state index contributed by atoms with van der Waals surface area (Å²) in [7, 11) is 3.38. The first-order chi connectivity index (χ1) is 14.3. The van der Waals surface area contributed by atoms with E-state index < -0.39 is 0 Å². The lowest BCUT2D eigenvalue weighted by Gasteiger charge is -2.34. The fraction of sp³-hybridized carbons (Fsp3) is 0.520. The van der Waals surface area contributed by atoms with E-state index in [1.165, 1.54) is 76.1 Å². The predicted molar refractivity (Wildman–Crippen MR) is 135 cm³/mol. The van der Waals surface area contributed by atoms with E-state index in [1.54, 1.807) is 14.2 Å². The van der Waals surface area contributed by atoms with Crippen molar-refractivity contribution in [3.63, 3.8) is 0 Å². The van der Waals surface area contributed by atoms with Crippen LogP contribution in [-0.4, -0.2) is 63.3 Å². The van der Waals surface area contributed by atoms with Gasteiger partial charge in [-0.25, -0.2) is 0 Å². The summed E-state index contributed by atoms with van der Waals surface area (Å²) in [5.41, 5.74) is 2.78. The minimum absolute atomic E-state index is 0. The van der Waals surface area contributed by atoms with Gasteiger partial charge in [0, 0.05) is 26.2 Å². The van der Waals surface area contributed by atoms with Crippen molar-refractivity contribution in [2.75, 3.05) is 53.5 Å². The summed E-state index contributed by atoms with van der Waals surface area (Å²) in [5.74, 6) is 1.63. The van der Waals surface area contributed by atoms with Gasteiger partial charge in [-0.05, 0) is 68.5 Å². The van der Waals surface area contributed by atoms with Crippen molar-refractivity contribution in [3.8, 4) is 11.5 Å². The van der Waals surface area contributed by atoms with E-state index in [2.05, 4.69) is 52.3 Å². The van der Waals surface area contributed by atoms with Crippen molar-refractivity contribution < 1.29 is 9.47 Å². The van der Waals surface area contributed by atoms with Crippen LogP contribution in [0.3, 0.4) is 0 Å². The van der Waals surface area contributed by atoms with Crippen molar-refractivity contribution in [2.24, 2.45) is 0 Å². The molecule has 2 aromatic carbocycles. The number of hydrogen-bond donors (Lipinski definition) is 0. The van der Waals surface area contributed by atoms with Crippen LogP contribution in [0.1, 0.15) is 30.4 Å². The molecule has 0 N–H and O–H groups in total. The van der Waals surface area contributed by atoms with Crippen LogP contribution in [0.5, 0.6) is 11.5 Å². The molecule has 0 bridgehead atoms. The second-order valence-electron chi connectivity index (χ2n) is 7.92. The van der Waals surface area contributed by atoms with Crippen LogP contribution in [-0.2, 0) is 12.8 Å². The Morgan fingerprint density at radius 2 is 1.23 bits per heavy atom. The summed E-state index contributed by atoms with van der Waals surface area (Å²) in [6, 6.07) is 17.1. The van der Waals surface area contributed by atoms with Gasteiger partial charge < -0.3 is 19.3 Å². The van der Waals surface area contributed by atoms with Crippen LogP contribution in [0.4, 0.5) is 0 Å². The zero-order chi connectivity index (χ0) is 20.3. The van der Waals surface area contributed by atoms with E-state index in [1.807, 2.05) is 6.07 Å².